The fourth-order valence-electron chi connectivity index (χ4n) is 4.31. The monoisotopic (exact) mass is 466 g/mol. The van der Waals surface area contributed by atoms with E-state index in [0.717, 1.165) is 6.54 Å². The number of aromatic nitrogens is 2. The second-order valence-corrected chi connectivity index (χ2v) is 9.01. The Morgan fingerprint density at radius 2 is 2.21 bits per heavy atom. The molecule has 1 fully saturated rings. The van der Waals surface area contributed by atoms with Gasteiger partial charge in [-0.1, -0.05) is 6.07 Å². The Kier molecular flexibility index (Phi) is 5.59. The van der Waals surface area contributed by atoms with Crippen LogP contribution in [-0.4, -0.2) is 41.8 Å². The molecule has 1 N–H and O–H groups in total. The number of ether oxygens (including phenoxy) is 1. The Balaban J connectivity index is 1.58. The van der Waals surface area contributed by atoms with Crippen molar-refractivity contribution in [1.29, 1.82) is 0 Å². The van der Waals surface area contributed by atoms with Crippen LogP contribution in [0.1, 0.15) is 28.2 Å². The standard InChI is InChI=1S/C24H23FN4O3S/c1-3-32-24(31)16-12-28(2)23-15(22(16)30)9-14-10-17(25)20(11-18(14)27-23)29-7-6-26-19(13-29)21-5-4-8-33-21/h4-5,8-12,19,26H,3,6-7,13H2,1-2H3. The van der Waals surface area contributed by atoms with Gasteiger partial charge in [-0.05, 0) is 36.6 Å². The summed E-state index contributed by atoms with van der Waals surface area (Å²) < 4.78 is 21.8. The number of carbonyl (C=O) groups excluding carboxylic acids is 1. The summed E-state index contributed by atoms with van der Waals surface area (Å²) in [6.45, 7) is 3.93. The number of thiophene rings is 1. The summed E-state index contributed by atoms with van der Waals surface area (Å²) in [6.07, 6.45) is 1.44. The smallest absolute Gasteiger partial charge is 0.343 e. The van der Waals surface area contributed by atoms with Crippen LogP contribution in [0.15, 0.2) is 46.7 Å². The van der Waals surface area contributed by atoms with Crippen molar-refractivity contribution in [2.24, 2.45) is 7.05 Å². The predicted molar refractivity (Wildman–Crippen MR) is 128 cm³/mol. The van der Waals surface area contributed by atoms with Gasteiger partial charge in [0.15, 0.2) is 0 Å². The SMILES string of the molecule is CCOC(=O)c1cn(C)c2nc3cc(N4CCNC(c5cccs5)C4)c(F)cc3cc2c1=O. The number of nitrogens with one attached hydrogen (secondary N) is 1. The summed E-state index contributed by atoms with van der Waals surface area (Å²) in [7, 11) is 1.72. The van der Waals surface area contributed by atoms with Crippen LogP contribution < -0.4 is 15.6 Å². The highest BCUT2D eigenvalue weighted by Gasteiger charge is 2.24. The zero-order valence-corrected chi connectivity index (χ0v) is 19.1. The summed E-state index contributed by atoms with van der Waals surface area (Å²) in [5.41, 5.74) is 0.969. The molecule has 0 saturated carbocycles. The molecule has 0 radical (unpaired) electrons. The Hall–Kier alpha value is -3.30. The van der Waals surface area contributed by atoms with Crippen molar-refractivity contribution >= 4 is 44.9 Å². The average Bonchev–Trinajstić information content (AvgIpc) is 3.35. The number of hydrogen-bond acceptors (Lipinski definition) is 7. The molecule has 7 nitrogen and oxygen atoms in total. The number of hydrogen-bond donors (Lipinski definition) is 1. The molecule has 1 aromatic carbocycles. The van der Waals surface area contributed by atoms with Gasteiger partial charge in [-0.3, -0.25) is 4.79 Å². The zero-order chi connectivity index (χ0) is 23.1. The van der Waals surface area contributed by atoms with Gasteiger partial charge in [0, 0.05) is 43.1 Å². The van der Waals surface area contributed by atoms with Crippen LogP contribution in [0.5, 0.6) is 0 Å². The predicted octanol–water partition coefficient (Wildman–Crippen LogP) is 3.61. The molecule has 1 unspecified atom stereocenters. The van der Waals surface area contributed by atoms with Crippen LogP contribution in [0.2, 0.25) is 0 Å². The molecule has 1 atom stereocenters. The van der Waals surface area contributed by atoms with Gasteiger partial charge in [-0.2, -0.15) is 0 Å². The number of carbonyl (C=O) groups is 1. The molecular formula is C24H23FN4O3S. The minimum absolute atomic E-state index is 0.0643. The second-order valence-electron chi connectivity index (χ2n) is 8.03. The van der Waals surface area contributed by atoms with E-state index in [1.807, 2.05) is 16.3 Å². The summed E-state index contributed by atoms with van der Waals surface area (Å²) in [6, 6.07) is 8.99. The number of aryl methyl sites for hydroxylation is 1. The molecule has 4 heterocycles. The maximum Gasteiger partial charge on any atom is 0.343 e. The maximum absolute atomic E-state index is 15.2. The molecule has 33 heavy (non-hydrogen) atoms. The number of nitrogens with zero attached hydrogens (tertiary/aromatic N) is 3. The lowest BCUT2D eigenvalue weighted by atomic mass is 10.1. The van der Waals surface area contributed by atoms with Gasteiger partial charge in [0.2, 0.25) is 5.43 Å². The lowest BCUT2D eigenvalue weighted by molar-refractivity contribution is 0.0524. The van der Waals surface area contributed by atoms with E-state index >= 15 is 4.39 Å². The lowest BCUT2D eigenvalue weighted by Crippen LogP contribution is -2.45. The zero-order valence-electron chi connectivity index (χ0n) is 18.3. The highest BCUT2D eigenvalue weighted by atomic mass is 32.1. The normalized spacial score (nSPS) is 16.5. The maximum atomic E-state index is 15.2. The minimum Gasteiger partial charge on any atom is -0.462 e. The fraction of sp³-hybridized carbons (Fsp3) is 0.292. The lowest BCUT2D eigenvalue weighted by Gasteiger charge is -2.35. The molecular weight excluding hydrogens is 443 g/mol. The number of esters is 1. The number of rotatable bonds is 4. The van der Waals surface area contributed by atoms with Crippen LogP contribution in [0, 0.1) is 5.82 Å². The van der Waals surface area contributed by atoms with Gasteiger partial charge < -0.3 is 19.5 Å². The van der Waals surface area contributed by atoms with Gasteiger partial charge in [0.25, 0.3) is 0 Å². The number of anilines is 1. The Morgan fingerprint density at radius 1 is 1.36 bits per heavy atom. The van der Waals surface area contributed by atoms with Gasteiger partial charge in [0.1, 0.15) is 17.0 Å². The van der Waals surface area contributed by atoms with E-state index in [1.165, 1.54) is 17.1 Å². The van der Waals surface area contributed by atoms with Crippen molar-refractivity contribution in [2.75, 3.05) is 31.1 Å². The van der Waals surface area contributed by atoms with Gasteiger partial charge >= 0.3 is 5.97 Å². The van der Waals surface area contributed by atoms with Crippen LogP contribution >= 0.6 is 11.3 Å². The number of pyridine rings is 2. The van der Waals surface area contributed by atoms with Gasteiger partial charge in [-0.25, -0.2) is 14.2 Å². The van der Waals surface area contributed by atoms with E-state index < -0.39 is 11.4 Å². The topological polar surface area (TPSA) is 76.5 Å². The first kappa shape index (κ1) is 21.5. The van der Waals surface area contributed by atoms with Crippen LogP contribution in [-0.2, 0) is 11.8 Å². The second kappa shape index (κ2) is 8.57. The third kappa shape index (κ3) is 3.87. The first-order valence-electron chi connectivity index (χ1n) is 10.8. The quantitative estimate of drug-likeness (QED) is 0.366. The number of halogens is 1. The first-order chi connectivity index (χ1) is 16.0. The Morgan fingerprint density at radius 3 is 2.97 bits per heavy atom. The highest BCUT2D eigenvalue weighted by molar-refractivity contribution is 7.10. The molecule has 3 aromatic heterocycles. The fourth-order valence-corrected chi connectivity index (χ4v) is 5.11. The molecule has 0 spiro atoms. The largest absolute Gasteiger partial charge is 0.462 e. The van der Waals surface area contributed by atoms with Crippen molar-refractivity contribution in [2.45, 2.75) is 13.0 Å². The highest BCUT2D eigenvalue weighted by Crippen LogP contribution is 2.30. The van der Waals surface area contributed by atoms with Crippen LogP contribution in [0.25, 0.3) is 21.9 Å². The first-order valence-corrected chi connectivity index (χ1v) is 11.7. The molecule has 170 valence electrons. The van der Waals surface area contributed by atoms with Gasteiger partial charge in [0.05, 0.1) is 29.2 Å². The Bertz CT molecular complexity index is 1420. The van der Waals surface area contributed by atoms with E-state index in [4.69, 9.17) is 4.74 Å². The molecule has 1 saturated heterocycles. The molecule has 9 heteroatoms. The Labute approximate surface area is 193 Å². The summed E-state index contributed by atoms with van der Waals surface area (Å²) in [5.74, 6) is -1.05. The number of fused-ring (bicyclic) bond motifs is 2. The van der Waals surface area contributed by atoms with Gasteiger partial charge in [-0.15, -0.1) is 11.3 Å². The van der Waals surface area contributed by atoms with Crippen molar-refractivity contribution in [3.63, 3.8) is 0 Å². The van der Waals surface area contributed by atoms with Crippen molar-refractivity contribution in [1.82, 2.24) is 14.9 Å². The van der Waals surface area contributed by atoms with Crippen molar-refractivity contribution in [3.05, 3.63) is 68.4 Å². The average molecular weight is 467 g/mol. The summed E-state index contributed by atoms with van der Waals surface area (Å²) in [5, 5.41) is 6.29. The molecule has 0 amide bonds. The molecule has 5 rings (SSSR count). The van der Waals surface area contributed by atoms with Crippen LogP contribution in [0.3, 0.4) is 0 Å². The van der Waals surface area contributed by atoms with Crippen LogP contribution in [0.4, 0.5) is 10.1 Å². The van der Waals surface area contributed by atoms with E-state index in [1.54, 1.807) is 42.0 Å². The van der Waals surface area contributed by atoms with E-state index in [9.17, 15) is 9.59 Å². The molecule has 1 aliphatic heterocycles. The summed E-state index contributed by atoms with van der Waals surface area (Å²) in [4.78, 5) is 33.0. The molecule has 0 bridgehead atoms. The third-order valence-electron chi connectivity index (χ3n) is 5.91. The minimum atomic E-state index is -0.680. The van der Waals surface area contributed by atoms with E-state index in [0.29, 0.717) is 35.3 Å². The van der Waals surface area contributed by atoms with Crippen molar-refractivity contribution < 1.29 is 13.9 Å². The van der Waals surface area contributed by atoms with E-state index in [2.05, 4.69) is 16.4 Å². The summed E-state index contributed by atoms with van der Waals surface area (Å²) >= 11 is 1.68. The molecule has 4 aromatic rings. The van der Waals surface area contributed by atoms with E-state index in [-0.39, 0.29) is 29.4 Å². The molecule has 1 aliphatic rings. The number of piperazine rings is 1. The van der Waals surface area contributed by atoms with Crippen molar-refractivity contribution in [3.8, 4) is 0 Å². The number of benzene rings is 1. The molecule has 0 aliphatic carbocycles. The third-order valence-corrected chi connectivity index (χ3v) is 6.89.